The molecule has 0 saturated carbocycles. The lowest BCUT2D eigenvalue weighted by Gasteiger charge is -2.30. The van der Waals surface area contributed by atoms with Crippen LogP contribution in [0.2, 0.25) is 0 Å². The number of amides is 1. The molecule has 122 valence electrons. The van der Waals surface area contributed by atoms with Crippen molar-refractivity contribution in [2.75, 3.05) is 20.1 Å². The third-order valence-corrected chi connectivity index (χ3v) is 4.34. The van der Waals surface area contributed by atoms with E-state index in [1.807, 2.05) is 19.1 Å². The molecule has 0 aromatic heterocycles. The first-order chi connectivity index (χ1) is 10.6. The van der Waals surface area contributed by atoms with Gasteiger partial charge in [-0.25, -0.2) is 0 Å². The van der Waals surface area contributed by atoms with Crippen LogP contribution in [0.25, 0.3) is 0 Å². The Morgan fingerprint density at radius 3 is 2.45 bits per heavy atom. The van der Waals surface area contributed by atoms with Gasteiger partial charge in [0.15, 0.2) is 6.10 Å². The Hall–Kier alpha value is -1.55. The Morgan fingerprint density at radius 1 is 1.27 bits per heavy atom. The van der Waals surface area contributed by atoms with Gasteiger partial charge in [-0.1, -0.05) is 26.0 Å². The summed E-state index contributed by atoms with van der Waals surface area (Å²) in [6.45, 7) is 6.20. The number of carbonyl (C=O) groups excluding carboxylic acids is 1. The van der Waals surface area contributed by atoms with Crippen molar-refractivity contribution in [3.63, 3.8) is 0 Å². The van der Waals surface area contributed by atoms with Crippen LogP contribution in [-0.2, 0) is 11.2 Å². The van der Waals surface area contributed by atoms with E-state index in [1.54, 1.807) is 0 Å². The SMILES string of the molecule is CCc1ccc(OC(CC)C(=O)NC2CCN(C)CC2)cc1. The van der Waals surface area contributed by atoms with E-state index in [4.69, 9.17) is 4.74 Å². The highest BCUT2D eigenvalue weighted by Crippen LogP contribution is 2.16. The van der Waals surface area contributed by atoms with E-state index in [-0.39, 0.29) is 11.9 Å². The molecule has 1 amide bonds. The van der Waals surface area contributed by atoms with E-state index in [0.717, 1.165) is 38.1 Å². The van der Waals surface area contributed by atoms with E-state index < -0.39 is 6.10 Å². The van der Waals surface area contributed by atoms with Gasteiger partial charge in [0, 0.05) is 6.04 Å². The predicted octanol–water partition coefficient (Wildman–Crippen LogP) is 2.62. The fourth-order valence-corrected chi connectivity index (χ4v) is 2.74. The summed E-state index contributed by atoms with van der Waals surface area (Å²) in [6.07, 6.45) is 3.31. The van der Waals surface area contributed by atoms with Crippen molar-refractivity contribution < 1.29 is 9.53 Å². The van der Waals surface area contributed by atoms with Crippen LogP contribution in [0.1, 0.15) is 38.7 Å². The highest BCUT2D eigenvalue weighted by atomic mass is 16.5. The molecule has 1 saturated heterocycles. The molecular weight excluding hydrogens is 276 g/mol. The third-order valence-electron chi connectivity index (χ3n) is 4.34. The summed E-state index contributed by atoms with van der Waals surface area (Å²) in [5, 5.41) is 3.14. The quantitative estimate of drug-likeness (QED) is 0.878. The first kappa shape index (κ1) is 16.8. The van der Waals surface area contributed by atoms with Gasteiger partial charge in [-0.3, -0.25) is 4.79 Å². The highest BCUT2D eigenvalue weighted by Gasteiger charge is 2.23. The molecule has 1 fully saturated rings. The van der Waals surface area contributed by atoms with Crippen LogP contribution in [0.15, 0.2) is 24.3 Å². The van der Waals surface area contributed by atoms with E-state index in [0.29, 0.717) is 6.42 Å². The zero-order valence-electron chi connectivity index (χ0n) is 14.0. The number of ether oxygens (including phenoxy) is 1. The Balaban J connectivity index is 1.88. The van der Waals surface area contributed by atoms with Crippen molar-refractivity contribution in [3.8, 4) is 5.75 Å². The Morgan fingerprint density at radius 2 is 1.91 bits per heavy atom. The monoisotopic (exact) mass is 304 g/mol. The largest absolute Gasteiger partial charge is 0.481 e. The summed E-state index contributed by atoms with van der Waals surface area (Å²) in [5.74, 6) is 0.777. The van der Waals surface area contributed by atoms with Crippen LogP contribution >= 0.6 is 0 Å². The van der Waals surface area contributed by atoms with E-state index >= 15 is 0 Å². The van der Waals surface area contributed by atoms with Crippen molar-refractivity contribution in [1.29, 1.82) is 0 Å². The summed E-state index contributed by atoms with van der Waals surface area (Å²) in [7, 11) is 2.12. The number of benzene rings is 1. The number of rotatable bonds is 6. The van der Waals surface area contributed by atoms with Crippen LogP contribution in [-0.4, -0.2) is 43.1 Å². The maximum atomic E-state index is 12.4. The smallest absolute Gasteiger partial charge is 0.261 e. The van der Waals surface area contributed by atoms with Gasteiger partial charge in [0.2, 0.25) is 0 Å². The van der Waals surface area contributed by atoms with Gasteiger partial charge in [-0.2, -0.15) is 0 Å². The maximum absolute atomic E-state index is 12.4. The second-order valence-corrected chi connectivity index (χ2v) is 6.10. The number of likely N-dealkylation sites (tertiary alicyclic amines) is 1. The second-order valence-electron chi connectivity index (χ2n) is 6.10. The minimum atomic E-state index is -0.410. The number of nitrogens with one attached hydrogen (secondary N) is 1. The maximum Gasteiger partial charge on any atom is 0.261 e. The van der Waals surface area contributed by atoms with Gasteiger partial charge in [-0.05, 0) is 63.5 Å². The van der Waals surface area contributed by atoms with Crippen molar-refractivity contribution in [1.82, 2.24) is 10.2 Å². The lowest BCUT2D eigenvalue weighted by molar-refractivity contribution is -0.129. The molecular formula is C18H28N2O2. The van der Waals surface area contributed by atoms with Gasteiger partial charge in [0.25, 0.3) is 5.91 Å². The topological polar surface area (TPSA) is 41.6 Å². The lowest BCUT2D eigenvalue weighted by Crippen LogP contribution is -2.47. The van der Waals surface area contributed by atoms with E-state index in [1.165, 1.54) is 5.56 Å². The molecule has 1 aromatic rings. The number of hydrogen-bond acceptors (Lipinski definition) is 3. The number of piperidine rings is 1. The van der Waals surface area contributed by atoms with Gasteiger partial charge in [-0.15, -0.1) is 0 Å². The van der Waals surface area contributed by atoms with Crippen LogP contribution < -0.4 is 10.1 Å². The standard InChI is InChI=1S/C18H28N2O2/c1-4-14-6-8-16(9-7-14)22-17(5-2)18(21)19-15-10-12-20(3)13-11-15/h6-9,15,17H,4-5,10-13H2,1-3H3,(H,19,21). The Kier molecular flexibility index (Phi) is 6.25. The number of aryl methyl sites for hydroxylation is 1. The Labute approximate surface area is 133 Å². The highest BCUT2D eigenvalue weighted by molar-refractivity contribution is 5.81. The summed E-state index contributed by atoms with van der Waals surface area (Å²) in [4.78, 5) is 14.7. The molecule has 1 unspecified atom stereocenters. The van der Waals surface area contributed by atoms with E-state index in [9.17, 15) is 4.79 Å². The summed E-state index contributed by atoms with van der Waals surface area (Å²) in [5.41, 5.74) is 1.27. The molecule has 1 atom stereocenters. The minimum absolute atomic E-state index is 0.0108. The van der Waals surface area contributed by atoms with Crippen LogP contribution in [0, 0.1) is 0 Å². The molecule has 4 nitrogen and oxygen atoms in total. The molecule has 1 N–H and O–H groups in total. The number of hydrogen-bond donors (Lipinski definition) is 1. The summed E-state index contributed by atoms with van der Waals surface area (Å²) in [6, 6.07) is 8.28. The molecule has 1 heterocycles. The van der Waals surface area contributed by atoms with Crippen LogP contribution in [0.5, 0.6) is 5.75 Å². The second kappa shape index (κ2) is 8.18. The van der Waals surface area contributed by atoms with Gasteiger partial charge in [0.05, 0.1) is 0 Å². The van der Waals surface area contributed by atoms with Crippen molar-refractivity contribution >= 4 is 5.91 Å². The number of nitrogens with zero attached hydrogens (tertiary/aromatic N) is 1. The minimum Gasteiger partial charge on any atom is -0.481 e. The fraction of sp³-hybridized carbons (Fsp3) is 0.611. The molecule has 0 aliphatic carbocycles. The molecule has 0 spiro atoms. The Bertz CT molecular complexity index is 464. The first-order valence-corrected chi connectivity index (χ1v) is 8.36. The molecule has 4 heteroatoms. The molecule has 22 heavy (non-hydrogen) atoms. The first-order valence-electron chi connectivity index (χ1n) is 8.36. The zero-order valence-corrected chi connectivity index (χ0v) is 14.0. The average Bonchev–Trinajstić information content (AvgIpc) is 2.55. The molecule has 1 aliphatic heterocycles. The third kappa shape index (κ3) is 4.73. The molecule has 1 aliphatic rings. The van der Waals surface area contributed by atoms with Gasteiger partial charge >= 0.3 is 0 Å². The lowest BCUT2D eigenvalue weighted by atomic mass is 10.1. The summed E-state index contributed by atoms with van der Waals surface area (Å²) < 4.78 is 5.87. The van der Waals surface area contributed by atoms with Crippen LogP contribution in [0.3, 0.4) is 0 Å². The molecule has 1 aromatic carbocycles. The van der Waals surface area contributed by atoms with Crippen LogP contribution in [0.4, 0.5) is 0 Å². The fourth-order valence-electron chi connectivity index (χ4n) is 2.74. The normalized spacial score (nSPS) is 18.0. The number of carbonyl (C=O) groups is 1. The predicted molar refractivity (Wildman–Crippen MR) is 89.2 cm³/mol. The van der Waals surface area contributed by atoms with Crippen molar-refractivity contribution in [2.24, 2.45) is 0 Å². The zero-order chi connectivity index (χ0) is 15.9. The molecule has 2 rings (SSSR count). The molecule has 0 bridgehead atoms. The molecule has 0 radical (unpaired) electrons. The van der Waals surface area contributed by atoms with Gasteiger partial charge < -0.3 is 15.0 Å². The average molecular weight is 304 g/mol. The summed E-state index contributed by atoms with van der Waals surface area (Å²) >= 11 is 0. The van der Waals surface area contributed by atoms with Crippen molar-refractivity contribution in [2.45, 2.75) is 51.7 Å². The van der Waals surface area contributed by atoms with Crippen molar-refractivity contribution in [3.05, 3.63) is 29.8 Å². The van der Waals surface area contributed by atoms with E-state index in [2.05, 4.69) is 36.3 Å². The van der Waals surface area contributed by atoms with Gasteiger partial charge in [0.1, 0.15) is 5.75 Å².